The van der Waals surface area contributed by atoms with Gasteiger partial charge >= 0.3 is 0 Å². The first-order valence-electron chi connectivity index (χ1n) is 7.25. The van der Waals surface area contributed by atoms with Gasteiger partial charge in [-0.1, -0.05) is 39.8 Å². The van der Waals surface area contributed by atoms with Crippen LogP contribution in [0.5, 0.6) is 0 Å². The van der Waals surface area contributed by atoms with Crippen molar-refractivity contribution in [3.8, 4) is 5.69 Å². The van der Waals surface area contributed by atoms with Gasteiger partial charge < -0.3 is 9.88 Å². The number of rotatable bonds is 4. The van der Waals surface area contributed by atoms with E-state index in [1.54, 1.807) is 12.5 Å². The van der Waals surface area contributed by atoms with E-state index in [-0.39, 0.29) is 11.3 Å². The van der Waals surface area contributed by atoms with Crippen molar-refractivity contribution < 1.29 is 4.79 Å². The number of carbonyl (C=O) groups is 1. The summed E-state index contributed by atoms with van der Waals surface area (Å²) >= 11 is 0. The molecule has 2 aromatic rings. The molecule has 0 aliphatic carbocycles. The van der Waals surface area contributed by atoms with E-state index in [4.69, 9.17) is 0 Å². The van der Waals surface area contributed by atoms with Gasteiger partial charge in [0.15, 0.2) is 0 Å². The summed E-state index contributed by atoms with van der Waals surface area (Å²) in [5, 5.41) is 3.01. The molecule has 1 amide bonds. The Balaban J connectivity index is 2.12. The van der Waals surface area contributed by atoms with E-state index >= 15 is 0 Å². The molecule has 1 atom stereocenters. The van der Waals surface area contributed by atoms with Crippen LogP contribution in [0.2, 0.25) is 0 Å². The monoisotopic (exact) mass is 285 g/mol. The second kappa shape index (κ2) is 6.12. The van der Waals surface area contributed by atoms with Crippen LogP contribution >= 0.6 is 0 Å². The van der Waals surface area contributed by atoms with E-state index in [2.05, 4.69) is 38.0 Å². The minimum atomic E-state index is 0.0463. The van der Waals surface area contributed by atoms with Crippen LogP contribution in [-0.4, -0.2) is 15.5 Å². The first kappa shape index (κ1) is 15.3. The Morgan fingerprint density at radius 2 is 2.05 bits per heavy atom. The van der Waals surface area contributed by atoms with Crippen LogP contribution in [0.3, 0.4) is 0 Å². The zero-order valence-electron chi connectivity index (χ0n) is 13.1. The Labute approximate surface area is 126 Å². The zero-order valence-corrected chi connectivity index (χ0v) is 13.1. The minimum absolute atomic E-state index is 0.0463. The van der Waals surface area contributed by atoms with Gasteiger partial charge in [0.05, 0.1) is 17.7 Å². The summed E-state index contributed by atoms with van der Waals surface area (Å²) < 4.78 is 1.89. The molecule has 1 aromatic carbocycles. The predicted octanol–water partition coefficient (Wildman–Crippen LogP) is 3.88. The average Bonchev–Trinajstić information content (AvgIpc) is 2.91. The third-order valence-electron chi connectivity index (χ3n) is 3.93. The van der Waals surface area contributed by atoms with Crippen molar-refractivity contribution in [1.29, 1.82) is 0 Å². The van der Waals surface area contributed by atoms with Gasteiger partial charge in [-0.3, -0.25) is 4.79 Å². The van der Waals surface area contributed by atoms with Gasteiger partial charge in [0.2, 0.25) is 5.91 Å². The molecule has 4 heteroatoms. The van der Waals surface area contributed by atoms with E-state index in [9.17, 15) is 4.79 Å². The molecule has 2 rings (SSSR count). The minimum Gasteiger partial charge on any atom is -0.324 e. The SMILES string of the molecule is CC(CC(=O)Nc1ccccc1-n1ccnc1)C(C)(C)C. The number of carbonyl (C=O) groups excluding carboxylic acids is 1. The van der Waals surface area contributed by atoms with Gasteiger partial charge in [-0.25, -0.2) is 4.98 Å². The fourth-order valence-corrected chi connectivity index (χ4v) is 1.99. The summed E-state index contributed by atoms with van der Waals surface area (Å²) in [4.78, 5) is 16.3. The largest absolute Gasteiger partial charge is 0.324 e. The van der Waals surface area contributed by atoms with Crippen LogP contribution < -0.4 is 5.32 Å². The van der Waals surface area contributed by atoms with Crippen LogP contribution in [-0.2, 0) is 4.79 Å². The molecule has 112 valence electrons. The molecule has 0 saturated carbocycles. The van der Waals surface area contributed by atoms with Gasteiger partial charge in [-0.15, -0.1) is 0 Å². The average molecular weight is 285 g/mol. The molecule has 0 spiro atoms. The van der Waals surface area contributed by atoms with Crippen molar-refractivity contribution >= 4 is 11.6 Å². The molecule has 0 fully saturated rings. The molecular weight excluding hydrogens is 262 g/mol. The smallest absolute Gasteiger partial charge is 0.224 e. The van der Waals surface area contributed by atoms with E-state index in [1.807, 2.05) is 35.0 Å². The number of anilines is 1. The number of amides is 1. The molecule has 0 bridgehead atoms. The molecule has 1 unspecified atom stereocenters. The molecule has 21 heavy (non-hydrogen) atoms. The third-order valence-corrected chi connectivity index (χ3v) is 3.93. The van der Waals surface area contributed by atoms with Crippen molar-refractivity contribution in [3.05, 3.63) is 43.0 Å². The van der Waals surface area contributed by atoms with Crippen LogP contribution in [0.25, 0.3) is 5.69 Å². The summed E-state index contributed by atoms with van der Waals surface area (Å²) in [5.74, 6) is 0.364. The molecule has 1 N–H and O–H groups in total. The lowest BCUT2D eigenvalue weighted by Crippen LogP contribution is -2.24. The van der Waals surface area contributed by atoms with E-state index in [0.29, 0.717) is 12.3 Å². The summed E-state index contributed by atoms with van der Waals surface area (Å²) in [6, 6.07) is 7.74. The van der Waals surface area contributed by atoms with Crippen molar-refractivity contribution in [1.82, 2.24) is 9.55 Å². The number of hydrogen-bond acceptors (Lipinski definition) is 2. The normalized spacial score (nSPS) is 13.0. The standard InChI is InChI=1S/C17H23N3O/c1-13(17(2,3)4)11-16(21)19-14-7-5-6-8-15(14)20-10-9-18-12-20/h5-10,12-13H,11H2,1-4H3,(H,19,21). The lowest BCUT2D eigenvalue weighted by atomic mass is 9.80. The fraction of sp³-hybridized carbons (Fsp3) is 0.412. The van der Waals surface area contributed by atoms with Gasteiger partial charge in [0.1, 0.15) is 0 Å². The number of nitrogens with zero attached hydrogens (tertiary/aromatic N) is 2. The Morgan fingerprint density at radius 1 is 1.33 bits per heavy atom. The second-order valence-corrected chi connectivity index (χ2v) is 6.51. The van der Waals surface area contributed by atoms with Gasteiger partial charge in [-0.2, -0.15) is 0 Å². The van der Waals surface area contributed by atoms with Crippen LogP contribution in [0.4, 0.5) is 5.69 Å². The van der Waals surface area contributed by atoms with Crippen LogP contribution in [0.1, 0.15) is 34.1 Å². The zero-order chi connectivity index (χ0) is 15.5. The number of benzene rings is 1. The van der Waals surface area contributed by atoms with Crippen LogP contribution in [0, 0.1) is 11.3 Å². The maximum Gasteiger partial charge on any atom is 0.224 e. The number of nitrogens with one attached hydrogen (secondary N) is 1. The van der Waals surface area contributed by atoms with Gasteiger partial charge in [0.25, 0.3) is 0 Å². The molecule has 4 nitrogen and oxygen atoms in total. The Kier molecular flexibility index (Phi) is 4.46. The Morgan fingerprint density at radius 3 is 2.67 bits per heavy atom. The molecule has 0 aliphatic rings. The predicted molar refractivity (Wildman–Crippen MR) is 85.4 cm³/mol. The van der Waals surface area contributed by atoms with Crippen molar-refractivity contribution in [3.63, 3.8) is 0 Å². The summed E-state index contributed by atoms with van der Waals surface area (Å²) in [6.07, 6.45) is 5.83. The molecule has 0 radical (unpaired) electrons. The molecule has 0 aliphatic heterocycles. The number of imidazole rings is 1. The number of aromatic nitrogens is 2. The van der Waals surface area contributed by atoms with Gasteiger partial charge in [0, 0.05) is 18.8 Å². The first-order chi connectivity index (χ1) is 9.88. The fourth-order valence-electron chi connectivity index (χ4n) is 1.99. The van der Waals surface area contributed by atoms with Crippen molar-refractivity contribution in [2.75, 3.05) is 5.32 Å². The molecular formula is C17H23N3O. The quantitative estimate of drug-likeness (QED) is 0.926. The first-order valence-corrected chi connectivity index (χ1v) is 7.25. The number of hydrogen-bond donors (Lipinski definition) is 1. The Hall–Kier alpha value is -2.10. The van der Waals surface area contributed by atoms with Crippen molar-refractivity contribution in [2.24, 2.45) is 11.3 Å². The topological polar surface area (TPSA) is 46.9 Å². The highest BCUT2D eigenvalue weighted by Gasteiger charge is 2.22. The maximum atomic E-state index is 12.3. The third kappa shape index (κ3) is 3.94. The molecule has 0 saturated heterocycles. The van der Waals surface area contributed by atoms with E-state index < -0.39 is 0 Å². The van der Waals surface area contributed by atoms with Crippen LogP contribution in [0.15, 0.2) is 43.0 Å². The highest BCUT2D eigenvalue weighted by molar-refractivity contribution is 5.93. The Bertz CT molecular complexity index is 597. The summed E-state index contributed by atoms with van der Waals surface area (Å²) in [5.41, 5.74) is 1.86. The molecule has 1 heterocycles. The highest BCUT2D eigenvalue weighted by Crippen LogP contribution is 2.28. The second-order valence-electron chi connectivity index (χ2n) is 6.51. The maximum absolute atomic E-state index is 12.3. The summed E-state index contributed by atoms with van der Waals surface area (Å²) in [7, 11) is 0. The lowest BCUT2D eigenvalue weighted by molar-refractivity contribution is -0.117. The lowest BCUT2D eigenvalue weighted by Gasteiger charge is -2.26. The van der Waals surface area contributed by atoms with E-state index in [1.165, 1.54) is 0 Å². The van der Waals surface area contributed by atoms with Crippen molar-refractivity contribution in [2.45, 2.75) is 34.1 Å². The highest BCUT2D eigenvalue weighted by atomic mass is 16.1. The van der Waals surface area contributed by atoms with Gasteiger partial charge in [-0.05, 0) is 23.5 Å². The summed E-state index contributed by atoms with van der Waals surface area (Å²) in [6.45, 7) is 8.58. The number of para-hydroxylation sites is 2. The molecule has 1 aromatic heterocycles. The van der Waals surface area contributed by atoms with E-state index in [0.717, 1.165) is 11.4 Å².